The zero-order valence-corrected chi connectivity index (χ0v) is 23.1. The van der Waals surface area contributed by atoms with E-state index in [0.29, 0.717) is 24.5 Å². The molecule has 0 aromatic heterocycles. The molecule has 0 saturated carbocycles. The summed E-state index contributed by atoms with van der Waals surface area (Å²) in [7, 11) is 8.45. The van der Waals surface area contributed by atoms with Gasteiger partial charge in [-0.05, 0) is 73.2 Å². The highest BCUT2D eigenvalue weighted by Gasteiger charge is 2.39. The number of aliphatic hydroxyl groups excluding tert-OH is 1. The van der Waals surface area contributed by atoms with Crippen molar-refractivity contribution in [1.29, 1.82) is 5.26 Å². The van der Waals surface area contributed by atoms with Crippen molar-refractivity contribution in [2.24, 2.45) is 5.92 Å². The molecule has 2 unspecified atom stereocenters. The molecule has 2 atom stereocenters. The van der Waals surface area contributed by atoms with Gasteiger partial charge in [-0.3, -0.25) is 0 Å². The first-order valence-corrected chi connectivity index (χ1v) is 12.4. The minimum Gasteiger partial charge on any atom is -0.493 e. The molecule has 7 heteroatoms. The Morgan fingerprint density at radius 1 is 0.917 bits per heavy atom. The van der Waals surface area contributed by atoms with Crippen LogP contribution >= 0.6 is 0 Å². The van der Waals surface area contributed by atoms with Crippen LogP contribution in [0.5, 0.6) is 23.0 Å². The summed E-state index contributed by atoms with van der Waals surface area (Å²) < 4.78 is 21.8. The molecule has 0 aliphatic rings. The van der Waals surface area contributed by atoms with Crippen molar-refractivity contribution in [2.45, 2.75) is 51.6 Å². The summed E-state index contributed by atoms with van der Waals surface area (Å²) in [4.78, 5) is 2.11. The van der Waals surface area contributed by atoms with Crippen LogP contribution in [0, 0.1) is 17.2 Å². The van der Waals surface area contributed by atoms with Gasteiger partial charge in [0.15, 0.2) is 23.0 Å². The van der Waals surface area contributed by atoms with Crippen molar-refractivity contribution in [3.05, 3.63) is 47.0 Å². The largest absolute Gasteiger partial charge is 0.493 e. The fourth-order valence-electron chi connectivity index (χ4n) is 4.76. The summed E-state index contributed by atoms with van der Waals surface area (Å²) in [5.41, 5.74) is 2.38. The van der Waals surface area contributed by atoms with Crippen molar-refractivity contribution >= 4 is 0 Å². The molecule has 198 valence electrons. The Kier molecular flexibility index (Phi) is 10.9. The van der Waals surface area contributed by atoms with E-state index in [-0.39, 0.29) is 5.92 Å². The molecule has 0 aliphatic carbocycles. The second-order valence-corrected chi connectivity index (χ2v) is 9.51. The molecular formula is C29H42N2O5. The van der Waals surface area contributed by atoms with Crippen LogP contribution in [-0.2, 0) is 18.3 Å². The lowest BCUT2D eigenvalue weighted by Gasteiger charge is -2.34. The average molecular weight is 499 g/mol. The van der Waals surface area contributed by atoms with Gasteiger partial charge in [0.25, 0.3) is 0 Å². The highest BCUT2D eigenvalue weighted by molar-refractivity contribution is 5.48. The van der Waals surface area contributed by atoms with Gasteiger partial charge < -0.3 is 29.0 Å². The van der Waals surface area contributed by atoms with E-state index < -0.39 is 11.5 Å². The number of hydrogen-bond donors (Lipinski definition) is 1. The van der Waals surface area contributed by atoms with Gasteiger partial charge in [-0.15, -0.1) is 0 Å². The number of aliphatic hydroxyl groups is 1. The molecule has 0 aliphatic heterocycles. The first-order valence-electron chi connectivity index (χ1n) is 12.4. The SMILES string of the molecule is CCc1cc(OC)c(OC)cc1CCN(C)CC(O)CC(C#N)(c1ccc(OC)c(OC)c1)C(C)C. The van der Waals surface area contributed by atoms with Crippen LogP contribution in [-0.4, -0.2) is 64.7 Å². The van der Waals surface area contributed by atoms with E-state index in [1.54, 1.807) is 28.4 Å². The van der Waals surface area contributed by atoms with Crippen molar-refractivity contribution in [3.8, 4) is 29.1 Å². The highest BCUT2D eigenvalue weighted by atomic mass is 16.5. The van der Waals surface area contributed by atoms with Crippen molar-refractivity contribution < 1.29 is 24.1 Å². The summed E-state index contributed by atoms with van der Waals surface area (Å²) >= 11 is 0. The number of hydrogen-bond acceptors (Lipinski definition) is 7. The number of nitriles is 1. The van der Waals surface area contributed by atoms with Crippen LogP contribution in [0.1, 0.15) is 43.9 Å². The normalized spacial score (nSPS) is 13.7. The van der Waals surface area contributed by atoms with E-state index in [0.717, 1.165) is 36.4 Å². The van der Waals surface area contributed by atoms with Crippen LogP contribution < -0.4 is 18.9 Å². The van der Waals surface area contributed by atoms with E-state index in [9.17, 15) is 10.4 Å². The molecule has 0 saturated heterocycles. The summed E-state index contributed by atoms with van der Waals surface area (Å²) in [5, 5.41) is 21.4. The van der Waals surface area contributed by atoms with Crippen LogP contribution in [0.15, 0.2) is 30.3 Å². The first-order chi connectivity index (χ1) is 17.2. The topological polar surface area (TPSA) is 84.2 Å². The van der Waals surface area contributed by atoms with E-state index >= 15 is 0 Å². The van der Waals surface area contributed by atoms with Gasteiger partial charge >= 0.3 is 0 Å². The molecule has 7 nitrogen and oxygen atoms in total. The zero-order chi connectivity index (χ0) is 26.9. The average Bonchev–Trinajstić information content (AvgIpc) is 2.89. The number of nitrogens with zero attached hydrogens (tertiary/aromatic N) is 2. The molecule has 2 rings (SSSR count). The monoisotopic (exact) mass is 498 g/mol. The van der Waals surface area contributed by atoms with Crippen molar-refractivity contribution in [2.75, 3.05) is 48.6 Å². The lowest BCUT2D eigenvalue weighted by Crippen LogP contribution is -2.39. The predicted octanol–water partition coefficient (Wildman–Crippen LogP) is 4.63. The lowest BCUT2D eigenvalue weighted by atomic mass is 9.69. The smallest absolute Gasteiger partial charge is 0.161 e. The number of methoxy groups -OCH3 is 4. The summed E-state index contributed by atoms with van der Waals surface area (Å²) in [6.45, 7) is 7.37. The third-order valence-electron chi connectivity index (χ3n) is 7.01. The minimum atomic E-state index is -0.863. The summed E-state index contributed by atoms with van der Waals surface area (Å²) in [6, 6.07) is 12.2. The molecule has 2 aromatic rings. The van der Waals surface area contributed by atoms with Crippen LogP contribution in [0.3, 0.4) is 0 Å². The Bertz CT molecular complexity index is 1030. The maximum atomic E-state index is 11.1. The lowest BCUT2D eigenvalue weighted by molar-refractivity contribution is 0.0933. The van der Waals surface area contributed by atoms with Gasteiger partial charge in [0.1, 0.15) is 0 Å². The molecule has 0 fully saturated rings. The minimum absolute atomic E-state index is 0.0144. The van der Waals surface area contributed by atoms with Gasteiger partial charge in [0.2, 0.25) is 0 Å². The van der Waals surface area contributed by atoms with Crippen molar-refractivity contribution in [1.82, 2.24) is 4.90 Å². The third kappa shape index (κ3) is 6.63. The maximum Gasteiger partial charge on any atom is 0.161 e. The Morgan fingerprint density at radius 2 is 1.47 bits per heavy atom. The van der Waals surface area contributed by atoms with Crippen LogP contribution in [0.4, 0.5) is 0 Å². The fourth-order valence-corrected chi connectivity index (χ4v) is 4.76. The molecule has 1 N–H and O–H groups in total. The number of benzene rings is 2. The summed E-state index contributed by atoms with van der Waals surface area (Å²) in [6.07, 6.45) is 1.35. The first kappa shape index (κ1) is 29.3. The van der Waals surface area contributed by atoms with Gasteiger partial charge in [-0.2, -0.15) is 5.26 Å². The second-order valence-electron chi connectivity index (χ2n) is 9.51. The zero-order valence-electron chi connectivity index (χ0n) is 23.1. The van der Waals surface area contributed by atoms with E-state index in [1.165, 1.54) is 11.1 Å². The molecule has 0 radical (unpaired) electrons. The van der Waals surface area contributed by atoms with Crippen LogP contribution in [0.2, 0.25) is 0 Å². The Labute approximate surface area is 216 Å². The highest BCUT2D eigenvalue weighted by Crippen LogP contribution is 2.40. The van der Waals surface area contributed by atoms with Gasteiger partial charge in [-0.25, -0.2) is 0 Å². The predicted molar refractivity (Wildman–Crippen MR) is 142 cm³/mol. The number of likely N-dealkylation sites (N-methyl/N-ethyl adjacent to an activating group) is 1. The molecule has 0 amide bonds. The van der Waals surface area contributed by atoms with E-state index in [4.69, 9.17) is 18.9 Å². The second kappa shape index (κ2) is 13.4. The molecule has 2 aromatic carbocycles. The molecule has 36 heavy (non-hydrogen) atoms. The van der Waals surface area contributed by atoms with Gasteiger partial charge in [-0.1, -0.05) is 26.8 Å². The van der Waals surface area contributed by atoms with Crippen molar-refractivity contribution in [3.63, 3.8) is 0 Å². The molecule has 0 bridgehead atoms. The Balaban J connectivity index is 2.16. The third-order valence-corrected chi connectivity index (χ3v) is 7.01. The fraction of sp³-hybridized carbons (Fsp3) is 0.552. The summed E-state index contributed by atoms with van der Waals surface area (Å²) in [5.74, 6) is 2.62. The molecule has 0 spiro atoms. The van der Waals surface area contributed by atoms with Gasteiger partial charge in [0, 0.05) is 13.1 Å². The quantitative estimate of drug-likeness (QED) is 0.407. The number of rotatable bonds is 14. The Hall–Kier alpha value is -2.95. The standard InChI is InChI=1S/C29H42N2O5/c1-9-21-14-26(34-6)27(35-7)15-22(21)12-13-31(4)18-24(32)17-29(19-30,20(2)3)23-10-11-25(33-5)28(16-23)36-8/h10-11,14-16,20,24,32H,9,12-13,17-18H2,1-8H3. The molecule has 0 heterocycles. The molecular weight excluding hydrogens is 456 g/mol. The maximum absolute atomic E-state index is 11.1. The number of aryl methyl sites for hydroxylation is 1. The van der Waals surface area contributed by atoms with E-state index in [2.05, 4.69) is 17.9 Å². The number of ether oxygens (including phenoxy) is 4. The van der Waals surface area contributed by atoms with Gasteiger partial charge in [0.05, 0.1) is 46.0 Å². The van der Waals surface area contributed by atoms with E-state index in [1.807, 2.05) is 51.2 Å². The van der Waals surface area contributed by atoms with Crippen LogP contribution in [0.25, 0.3) is 0 Å². The Morgan fingerprint density at radius 3 is 1.97 bits per heavy atom.